The average Bonchev–Trinajstić information content (AvgIpc) is 2.77. The Morgan fingerprint density at radius 2 is 1.95 bits per heavy atom. The number of hydrogen-bond acceptors (Lipinski definition) is 5. The summed E-state index contributed by atoms with van der Waals surface area (Å²) in [6.07, 6.45) is 3.05. The van der Waals surface area contributed by atoms with Crippen molar-refractivity contribution in [1.82, 2.24) is 9.97 Å². The van der Waals surface area contributed by atoms with Gasteiger partial charge in [-0.25, -0.2) is 9.97 Å². The van der Waals surface area contributed by atoms with Gasteiger partial charge in [-0.3, -0.25) is 0 Å². The smallest absolute Gasteiger partial charge is 0.161 e. The number of nitrogens with zero attached hydrogens (tertiary/aromatic N) is 2. The van der Waals surface area contributed by atoms with Crippen molar-refractivity contribution in [3.63, 3.8) is 0 Å². The summed E-state index contributed by atoms with van der Waals surface area (Å²) in [6, 6.07) is 0. The summed E-state index contributed by atoms with van der Waals surface area (Å²) in [5.41, 5.74) is 1.28. The van der Waals surface area contributed by atoms with Gasteiger partial charge in [-0.15, -0.1) is 11.3 Å². The molecule has 0 aliphatic heterocycles. The Bertz CT molecular complexity index is 609. The lowest BCUT2D eigenvalue weighted by Gasteiger charge is -2.15. The maximum absolute atomic E-state index is 5.57. The Morgan fingerprint density at radius 3 is 2.57 bits per heavy atom. The first kappa shape index (κ1) is 16.2. The van der Waals surface area contributed by atoms with E-state index >= 15 is 0 Å². The summed E-state index contributed by atoms with van der Waals surface area (Å²) in [6.45, 7) is 9.53. The summed E-state index contributed by atoms with van der Waals surface area (Å²) in [5, 5.41) is 4.62. The highest BCUT2D eigenvalue weighted by Crippen LogP contribution is 2.34. The van der Waals surface area contributed by atoms with Gasteiger partial charge in [0.25, 0.3) is 0 Å². The second kappa shape index (κ2) is 7.18. The van der Waals surface area contributed by atoms with Gasteiger partial charge >= 0.3 is 0 Å². The van der Waals surface area contributed by atoms with E-state index in [-0.39, 0.29) is 6.10 Å². The molecule has 0 saturated heterocycles. The molecule has 1 atom stereocenters. The number of hydrogen-bond donors (Lipinski definition) is 1. The number of thiophene rings is 1. The molecule has 0 spiro atoms. The largest absolute Gasteiger partial charge is 0.373 e. The highest BCUT2D eigenvalue weighted by Gasteiger charge is 2.19. The predicted octanol–water partition coefficient (Wildman–Crippen LogP) is 4.62. The molecule has 0 saturated carbocycles. The topological polar surface area (TPSA) is 47.0 Å². The van der Waals surface area contributed by atoms with Crippen LogP contribution in [0.3, 0.4) is 0 Å². The standard InChI is InChI=1S/C16H25N3OS/c1-6-8-12(20-5)14-18-15(17-9-7-2)13-10(3)11(4)21-16(13)19-14/h12H,6-9H2,1-5H3,(H,17,18,19). The lowest BCUT2D eigenvalue weighted by Crippen LogP contribution is -2.10. The van der Waals surface area contributed by atoms with Crippen LogP contribution < -0.4 is 5.32 Å². The molecule has 0 amide bonds. The molecule has 2 rings (SSSR count). The Kier molecular flexibility index (Phi) is 5.53. The Balaban J connectivity index is 2.53. The van der Waals surface area contributed by atoms with Gasteiger partial charge < -0.3 is 10.1 Å². The van der Waals surface area contributed by atoms with Crippen LogP contribution >= 0.6 is 11.3 Å². The van der Waals surface area contributed by atoms with Gasteiger partial charge in [0.2, 0.25) is 0 Å². The number of anilines is 1. The van der Waals surface area contributed by atoms with E-state index in [1.165, 1.54) is 15.8 Å². The third-order valence-corrected chi connectivity index (χ3v) is 4.81. The molecule has 2 heterocycles. The molecule has 1 N–H and O–H groups in total. The number of nitrogens with one attached hydrogen (secondary N) is 1. The molecule has 2 aromatic heterocycles. The third kappa shape index (κ3) is 3.35. The van der Waals surface area contributed by atoms with Crippen LogP contribution in [0.25, 0.3) is 10.2 Å². The lowest BCUT2D eigenvalue weighted by atomic mass is 10.1. The number of ether oxygens (including phenoxy) is 1. The van der Waals surface area contributed by atoms with Crippen molar-refractivity contribution in [2.75, 3.05) is 19.0 Å². The van der Waals surface area contributed by atoms with Crippen LogP contribution in [0.1, 0.15) is 55.5 Å². The normalized spacial score (nSPS) is 12.8. The summed E-state index contributed by atoms with van der Waals surface area (Å²) >= 11 is 1.74. The Labute approximate surface area is 131 Å². The fourth-order valence-corrected chi connectivity index (χ4v) is 3.43. The molecule has 0 aliphatic carbocycles. The number of methoxy groups -OCH3 is 1. The van der Waals surface area contributed by atoms with Gasteiger partial charge in [-0.05, 0) is 32.3 Å². The van der Waals surface area contributed by atoms with E-state index in [9.17, 15) is 0 Å². The number of aryl methyl sites for hydroxylation is 2. The van der Waals surface area contributed by atoms with Crippen molar-refractivity contribution in [1.29, 1.82) is 0 Å². The van der Waals surface area contributed by atoms with E-state index in [0.717, 1.165) is 42.3 Å². The minimum atomic E-state index is -0.0238. The van der Waals surface area contributed by atoms with E-state index in [1.807, 2.05) is 0 Å². The van der Waals surface area contributed by atoms with Crippen LogP contribution in [-0.4, -0.2) is 23.6 Å². The van der Waals surface area contributed by atoms with E-state index in [4.69, 9.17) is 14.7 Å². The van der Waals surface area contributed by atoms with Crippen molar-refractivity contribution in [3.05, 3.63) is 16.3 Å². The van der Waals surface area contributed by atoms with Crippen LogP contribution in [-0.2, 0) is 4.74 Å². The zero-order valence-corrected chi connectivity index (χ0v) is 14.4. The molecule has 0 radical (unpaired) electrons. The number of aromatic nitrogens is 2. The molecule has 116 valence electrons. The van der Waals surface area contributed by atoms with Gasteiger partial charge in [-0.2, -0.15) is 0 Å². The molecule has 21 heavy (non-hydrogen) atoms. The summed E-state index contributed by atoms with van der Waals surface area (Å²) in [5.74, 6) is 1.75. The van der Waals surface area contributed by atoms with Gasteiger partial charge in [0.15, 0.2) is 5.82 Å². The number of rotatable bonds is 7. The molecule has 0 fully saturated rings. The second-order valence-electron chi connectivity index (χ2n) is 5.33. The highest BCUT2D eigenvalue weighted by molar-refractivity contribution is 7.18. The first-order valence-corrected chi connectivity index (χ1v) is 8.48. The summed E-state index contributed by atoms with van der Waals surface area (Å²) in [7, 11) is 1.73. The number of fused-ring (bicyclic) bond motifs is 1. The lowest BCUT2D eigenvalue weighted by molar-refractivity contribution is 0.0881. The van der Waals surface area contributed by atoms with Crippen LogP contribution in [0.4, 0.5) is 5.82 Å². The zero-order chi connectivity index (χ0) is 15.4. The quantitative estimate of drug-likeness (QED) is 0.811. The SMILES string of the molecule is CCCNc1nc(C(CCC)OC)nc2sc(C)c(C)c12. The van der Waals surface area contributed by atoms with Crippen LogP contribution in [0.2, 0.25) is 0 Å². The third-order valence-electron chi connectivity index (χ3n) is 3.71. The van der Waals surface area contributed by atoms with Crippen LogP contribution in [0.15, 0.2) is 0 Å². The van der Waals surface area contributed by atoms with Crippen molar-refractivity contribution < 1.29 is 4.74 Å². The highest BCUT2D eigenvalue weighted by atomic mass is 32.1. The first-order chi connectivity index (χ1) is 10.1. The Hall–Kier alpha value is -1.20. The van der Waals surface area contributed by atoms with Gasteiger partial charge in [0, 0.05) is 18.5 Å². The summed E-state index contributed by atoms with van der Waals surface area (Å²) < 4.78 is 5.57. The molecular formula is C16H25N3OS. The first-order valence-electron chi connectivity index (χ1n) is 7.66. The van der Waals surface area contributed by atoms with E-state index in [2.05, 4.69) is 33.0 Å². The van der Waals surface area contributed by atoms with Crippen molar-refractivity contribution in [2.45, 2.75) is 53.1 Å². The molecule has 4 nitrogen and oxygen atoms in total. The summed E-state index contributed by atoms with van der Waals surface area (Å²) in [4.78, 5) is 11.9. The van der Waals surface area contributed by atoms with E-state index in [0.29, 0.717) is 0 Å². The molecule has 5 heteroatoms. The van der Waals surface area contributed by atoms with E-state index < -0.39 is 0 Å². The van der Waals surface area contributed by atoms with Crippen LogP contribution in [0.5, 0.6) is 0 Å². The van der Waals surface area contributed by atoms with Crippen molar-refractivity contribution in [3.8, 4) is 0 Å². The molecular weight excluding hydrogens is 282 g/mol. The fraction of sp³-hybridized carbons (Fsp3) is 0.625. The molecule has 1 unspecified atom stereocenters. The molecule has 0 bridgehead atoms. The predicted molar refractivity (Wildman–Crippen MR) is 90.3 cm³/mol. The maximum Gasteiger partial charge on any atom is 0.161 e. The monoisotopic (exact) mass is 307 g/mol. The van der Waals surface area contributed by atoms with Gasteiger partial charge in [-0.1, -0.05) is 20.3 Å². The van der Waals surface area contributed by atoms with Crippen LogP contribution in [0, 0.1) is 13.8 Å². The van der Waals surface area contributed by atoms with Gasteiger partial charge in [0.05, 0.1) is 5.39 Å². The fourth-order valence-electron chi connectivity index (χ4n) is 2.40. The van der Waals surface area contributed by atoms with Crippen molar-refractivity contribution in [2.24, 2.45) is 0 Å². The van der Waals surface area contributed by atoms with Gasteiger partial charge in [0.1, 0.15) is 16.8 Å². The minimum absolute atomic E-state index is 0.0238. The second-order valence-corrected chi connectivity index (χ2v) is 6.54. The molecule has 0 aromatic carbocycles. The maximum atomic E-state index is 5.57. The molecule has 0 aliphatic rings. The van der Waals surface area contributed by atoms with Crippen molar-refractivity contribution >= 4 is 27.4 Å². The zero-order valence-electron chi connectivity index (χ0n) is 13.6. The molecule has 2 aromatic rings. The minimum Gasteiger partial charge on any atom is -0.373 e. The Morgan fingerprint density at radius 1 is 1.19 bits per heavy atom. The average molecular weight is 307 g/mol. The van der Waals surface area contributed by atoms with E-state index in [1.54, 1.807) is 18.4 Å².